The first-order valence-corrected chi connectivity index (χ1v) is 7.71. The maximum atomic E-state index is 12.3. The molecule has 1 aromatic heterocycles. The fourth-order valence-corrected chi connectivity index (χ4v) is 2.58. The summed E-state index contributed by atoms with van der Waals surface area (Å²) in [6.45, 7) is 3.29. The summed E-state index contributed by atoms with van der Waals surface area (Å²) >= 11 is 5.94. The third-order valence-electron chi connectivity index (χ3n) is 3.68. The fourth-order valence-electron chi connectivity index (χ4n) is 2.40. The van der Waals surface area contributed by atoms with Gasteiger partial charge in [-0.3, -0.25) is 9.59 Å². The molecule has 0 aliphatic carbocycles. The van der Waals surface area contributed by atoms with Crippen molar-refractivity contribution in [1.29, 1.82) is 0 Å². The Labute approximate surface area is 138 Å². The molecule has 1 aromatic carbocycles. The van der Waals surface area contributed by atoms with Gasteiger partial charge in [0, 0.05) is 24.7 Å². The number of nitrogens with one attached hydrogen (secondary N) is 1. The highest BCUT2D eigenvalue weighted by Gasteiger charge is 2.36. The molecule has 0 radical (unpaired) electrons. The lowest BCUT2D eigenvalue weighted by Crippen LogP contribution is -2.55. The lowest BCUT2D eigenvalue weighted by atomic mass is 9.99. The number of likely N-dealkylation sites (tertiary alicyclic amines) is 1. The average molecular weight is 334 g/mol. The number of hydrogen-bond donors (Lipinski definition) is 1. The molecule has 8 heteroatoms. The maximum absolute atomic E-state index is 12.3. The lowest BCUT2D eigenvalue weighted by molar-refractivity contribution is -0.128. The first kappa shape index (κ1) is 15.5. The molecule has 0 saturated carbocycles. The molecule has 0 atom stereocenters. The van der Waals surface area contributed by atoms with Gasteiger partial charge in [0.25, 0.3) is 5.91 Å². The zero-order chi connectivity index (χ0) is 16.4. The number of rotatable bonds is 4. The van der Waals surface area contributed by atoms with E-state index in [0.29, 0.717) is 24.7 Å². The summed E-state index contributed by atoms with van der Waals surface area (Å²) in [5.74, 6) is -0.375. The number of carbonyl (C=O) groups excluding carboxylic acids is 2. The van der Waals surface area contributed by atoms with E-state index in [2.05, 4.69) is 15.6 Å². The van der Waals surface area contributed by atoms with Crippen LogP contribution in [0.25, 0.3) is 5.69 Å². The second-order valence-corrected chi connectivity index (χ2v) is 5.77. The van der Waals surface area contributed by atoms with Crippen LogP contribution in [0.15, 0.2) is 30.5 Å². The summed E-state index contributed by atoms with van der Waals surface area (Å²) in [7, 11) is 0. The second kappa shape index (κ2) is 6.37. The van der Waals surface area contributed by atoms with Crippen LogP contribution in [0.2, 0.25) is 5.02 Å². The number of benzene rings is 1. The van der Waals surface area contributed by atoms with Crippen LogP contribution < -0.4 is 5.32 Å². The molecule has 1 aliphatic rings. The molecule has 0 unspecified atom stereocenters. The van der Waals surface area contributed by atoms with Crippen molar-refractivity contribution >= 4 is 23.4 Å². The van der Waals surface area contributed by atoms with Crippen molar-refractivity contribution in [2.75, 3.05) is 19.6 Å². The van der Waals surface area contributed by atoms with E-state index in [1.54, 1.807) is 29.3 Å². The zero-order valence-corrected chi connectivity index (χ0v) is 13.3. The van der Waals surface area contributed by atoms with Gasteiger partial charge in [-0.2, -0.15) is 0 Å². The summed E-state index contributed by atoms with van der Waals surface area (Å²) in [5, 5.41) is 11.2. The Morgan fingerprint density at radius 1 is 1.39 bits per heavy atom. The standard InChI is InChI=1S/C15H16ClN5O2/c1-2-17-14(22)10-7-20(8-10)15(23)13-9-21(19-18-13)12-5-3-4-11(16)6-12/h3-6,9-10H,2,7-8H2,1H3,(H,17,22). The first-order chi connectivity index (χ1) is 11.1. The van der Waals surface area contributed by atoms with E-state index in [9.17, 15) is 9.59 Å². The summed E-state index contributed by atoms with van der Waals surface area (Å²) in [5.41, 5.74) is 0.979. The first-order valence-electron chi connectivity index (χ1n) is 7.33. The van der Waals surface area contributed by atoms with Gasteiger partial charge in [0.15, 0.2) is 5.69 Å². The highest BCUT2D eigenvalue weighted by atomic mass is 35.5. The number of aromatic nitrogens is 3. The highest BCUT2D eigenvalue weighted by molar-refractivity contribution is 6.30. The van der Waals surface area contributed by atoms with Gasteiger partial charge in [-0.05, 0) is 25.1 Å². The van der Waals surface area contributed by atoms with E-state index >= 15 is 0 Å². The van der Waals surface area contributed by atoms with Crippen molar-refractivity contribution < 1.29 is 9.59 Å². The van der Waals surface area contributed by atoms with Crippen LogP contribution in [0.4, 0.5) is 0 Å². The molecule has 1 saturated heterocycles. The number of halogens is 1. The van der Waals surface area contributed by atoms with Crippen LogP contribution in [-0.2, 0) is 4.79 Å². The molecule has 7 nitrogen and oxygen atoms in total. The Morgan fingerprint density at radius 3 is 2.87 bits per heavy atom. The Morgan fingerprint density at radius 2 is 2.17 bits per heavy atom. The van der Waals surface area contributed by atoms with E-state index in [1.807, 2.05) is 13.0 Å². The van der Waals surface area contributed by atoms with E-state index in [4.69, 9.17) is 11.6 Å². The molecule has 23 heavy (non-hydrogen) atoms. The number of carbonyl (C=O) groups is 2. The molecule has 2 aromatic rings. The summed E-state index contributed by atoms with van der Waals surface area (Å²) in [4.78, 5) is 25.6. The molecule has 3 rings (SSSR count). The van der Waals surface area contributed by atoms with Crippen molar-refractivity contribution in [3.05, 3.63) is 41.2 Å². The van der Waals surface area contributed by atoms with Crippen LogP contribution in [0, 0.1) is 5.92 Å². The van der Waals surface area contributed by atoms with Crippen LogP contribution in [0.1, 0.15) is 17.4 Å². The number of nitrogens with zero attached hydrogens (tertiary/aromatic N) is 4. The van der Waals surface area contributed by atoms with Crippen molar-refractivity contribution in [1.82, 2.24) is 25.2 Å². The molecule has 2 heterocycles. The number of hydrogen-bond acceptors (Lipinski definition) is 4. The lowest BCUT2D eigenvalue weighted by Gasteiger charge is -2.37. The van der Waals surface area contributed by atoms with Gasteiger partial charge >= 0.3 is 0 Å². The molecule has 1 N–H and O–H groups in total. The van der Waals surface area contributed by atoms with E-state index < -0.39 is 0 Å². The third kappa shape index (κ3) is 3.19. The second-order valence-electron chi connectivity index (χ2n) is 5.33. The van der Waals surface area contributed by atoms with E-state index in [0.717, 1.165) is 5.69 Å². The minimum Gasteiger partial charge on any atom is -0.356 e. The van der Waals surface area contributed by atoms with Gasteiger partial charge in [-0.1, -0.05) is 22.9 Å². The zero-order valence-electron chi connectivity index (χ0n) is 12.6. The molecule has 0 bridgehead atoms. The van der Waals surface area contributed by atoms with Crippen LogP contribution in [0.5, 0.6) is 0 Å². The van der Waals surface area contributed by atoms with Gasteiger partial charge in [-0.25, -0.2) is 4.68 Å². The van der Waals surface area contributed by atoms with Gasteiger partial charge in [0.2, 0.25) is 5.91 Å². The molecule has 1 fully saturated rings. The van der Waals surface area contributed by atoms with E-state index in [1.165, 1.54) is 4.68 Å². The molecular weight excluding hydrogens is 318 g/mol. The predicted octanol–water partition coefficient (Wildman–Crippen LogP) is 1.13. The Kier molecular flexibility index (Phi) is 4.29. The monoisotopic (exact) mass is 333 g/mol. The maximum Gasteiger partial charge on any atom is 0.276 e. The topological polar surface area (TPSA) is 80.1 Å². The van der Waals surface area contributed by atoms with E-state index in [-0.39, 0.29) is 23.4 Å². The molecule has 2 amide bonds. The largest absolute Gasteiger partial charge is 0.356 e. The Balaban J connectivity index is 1.65. The third-order valence-corrected chi connectivity index (χ3v) is 3.91. The highest BCUT2D eigenvalue weighted by Crippen LogP contribution is 2.19. The average Bonchev–Trinajstić information content (AvgIpc) is 2.95. The summed E-state index contributed by atoms with van der Waals surface area (Å²) in [6, 6.07) is 7.12. The summed E-state index contributed by atoms with van der Waals surface area (Å²) < 4.78 is 1.50. The smallest absolute Gasteiger partial charge is 0.276 e. The molecule has 120 valence electrons. The minimum absolute atomic E-state index is 0.0147. The Hall–Kier alpha value is -2.41. The van der Waals surface area contributed by atoms with Gasteiger partial charge in [0.1, 0.15) is 0 Å². The minimum atomic E-state index is -0.223. The van der Waals surface area contributed by atoms with Crippen molar-refractivity contribution in [2.24, 2.45) is 5.92 Å². The Bertz CT molecular complexity index is 739. The van der Waals surface area contributed by atoms with Gasteiger partial charge < -0.3 is 10.2 Å². The number of amides is 2. The summed E-state index contributed by atoms with van der Waals surface area (Å²) in [6.07, 6.45) is 1.56. The van der Waals surface area contributed by atoms with Gasteiger partial charge in [-0.15, -0.1) is 5.10 Å². The van der Waals surface area contributed by atoms with Crippen LogP contribution >= 0.6 is 11.6 Å². The molecule has 0 spiro atoms. The predicted molar refractivity (Wildman–Crippen MR) is 84.4 cm³/mol. The SMILES string of the molecule is CCNC(=O)C1CN(C(=O)c2cn(-c3cccc(Cl)c3)nn2)C1. The quantitative estimate of drug-likeness (QED) is 0.909. The van der Waals surface area contributed by atoms with Gasteiger partial charge in [0.05, 0.1) is 17.8 Å². The molecule has 1 aliphatic heterocycles. The van der Waals surface area contributed by atoms with Crippen molar-refractivity contribution in [3.63, 3.8) is 0 Å². The fraction of sp³-hybridized carbons (Fsp3) is 0.333. The van der Waals surface area contributed by atoms with Crippen molar-refractivity contribution in [3.8, 4) is 5.69 Å². The normalized spacial score (nSPS) is 14.4. The van der Waals surface area contributed by atoms with Crippen LogP contribution in [-0.4, -0.2) is 51.3 Å². The van der Waals surface area contributed by atoms with Crippen molar-refractivity contribution in [2.45, 2.75) is 6.92 Å². The van der Waals surface area contributed by atoms with Crippen LogP contribution in [0.3, 0.4) is 0 Å². The molecular formula is C15H16ClN5O2.